The van der Waals surface area contributed by atoms with Crippen molar-refractivity contribution in [2.75, 3.05) is 13.2 Å². The normalized spacial score (nSPS) is 23.4. The molecule has 0 aliphatic heterocycles. The van der Waals surface area contributed by atoms with Crippen molar-refractivity contribution in [3.63, 3.8) is 0 Å². The highest BCUT2D eigenvalue weighted by Crippen LogP contribution is 2.34. The van der Waals surface area contributed by atoms with E-state index in [1.807, 2.05) is 6.07 Å². The maximum atomic E-state index is 13.2. The molecule has 20 heavy (non-hydrogen) atoms. The van der Waals surface area contributed by atoms with Crippen LogP contribution >= 0.6 is 0 Å². The predicted molar refractivity (Wildman–Crippen MR) is 80.3 cm³/mol. The molecular weight excluding hydrogens is 253 g/mol. The average Bonchev–Trinajstić information content (AvgIpc) is 2.36. The molecule has 0 spiro atoms. The van der Waals surface area contributed by atoms with Gasteiger partial charge in [0.05, 0.1) is 6.10 Å². The van der Waals surface area contributed by atoms with E-state index >= 15 is 0 Å². The van der Waals surface area contributed by atoms with Crippen LogP contribution in [0.4, 0.5) is 4.39 Å². The molecule has 1 N–H and O–H groups in total. The van der Waals surface area contributed by atoms with E-state index in [-0.39, 0.29) is 5.82 Å². The Kier molecular flexibility index (Phi) is 5.99. The van der Waals surface area contributed by atoms with Crippen LogP contribution in [0, 0.1) is 11.7 Å². The molecule has 1 unspecified atom stereocenters. The van der Waals surface area contributed by atoms with E-state index in [9.17, 15) is 4.39 Å². The van der Waals surface area contributed by atoms with E-state index in [2.05, 4.69) is 19.2 Å². The number of benzene rings is 1. The largest absolute Gasteiger partial charge is 0.378 e. The van der Waals surface area contributed by atoms with Crippen LogP contribution in [-0.4, -0.2) is 25.3 Å². The average molecular weight is 279 g/mol. The van der Waals surface area contributed by atoms with Crippen molar-refractivity contribution < 1.29 is 9.13 Å². The first-order valence-electron chi connectivity index (χ1n) is 7.80. The van der Waals surface area contributed by atoms with Gasteiger partial charge in [0.25, 0.3) is 0 Å². The fraction of sp³-hybridized carbons (Fsp3) is 0.647. The van der Waals surface area contributed by atoms with Gasteiger partial charge in [0.1, 0.15) is 5.82 Å². The summed E-state index contributed by atoms with van der Waals surface area (Å²) in [7, 11) is 0. The predicted octanol–water partition coefficient (Wildman–Crippen LogP) is 3.55. The van der Waals surface area contributed by atoms with Gasteiger partial charge >= 0.3 is 0 Å². The molecule has 1 aliphatic carbocycles. The summed E-state index contributed by atoms with van der Waals surface area (Å²) < 4.78 is 18.9. The maximum Gasteiger partial charge on any atom is 0.123 e. The van der Waals surface area contributed by atoms with Crippen molar-refractivity contribution in [3.8, 4) is 0 Å². The van der Waals surface area contributed by atoms with Crippen LogP contribution in [0.3, 0.4) is 0 Å². The second-order valence-corrected chi connectivity index (χ2v) is 5.74. The van der Waals surface area contributed by atoms with Crippen LogP contribution in [0.1, 0.15) is 38.7 Å². The minimum absolute atomic E-state index is 0.141. The van der Waals surface area contributed by atoms with Crippen LogP contribution in [-0.2, 0) is 11.2 Å². The van der Waals surface area contributed by atoms with Gasteiger partial charge in [0.15, 0.2) is 0 Å². The summed E-state index contributed by atoms with van der Waals surface area (Å²) in [4.78, 5) is 0. The number of ether oxygens (including phenoxy) is 1. The summed E-state index contributed by atoms with van der Waals surface area (Å²) in [6.45, 7) is 5.96. The fourth-order valence-electron chi connectivity index (χ4n) is 3.12. The van der Waals surface area contributed by atoms with Gasteiger partial charge in [-0.1, -0.05) is 19.1 Å². The van der Waals surface area contributed by atoms with E-state index in [0.29, 0.717) is 12.1 Å². The third-order valence-corrected chi connectivity index (χ3v) is 4.08. The van der Waals surface area contributed by atoms with Gasteiger partial charge in [0.2, 0.25) is 0 Å². The van der Waals surface area contributed by atoms with Gasteiger partial charge in [-0.25, -0.2) is 4.39 Å². The number of hydrogen-bond donors (Lipinski definition) is 1. The standard InChI is InChI=1S/C17H26FNO/c1-3-19-16(9-13-6-5-7-15(18)8-13)10-14-11-17(12-14)20-4-2/h5-8,14,16-17,19H,3-4,9-12H2,1-2H3. The van der Waals surface area contributed by atoms with Crippen molar-refractivity contribution in [2.45, 2.75) is 51.7 Å². The smallest absolute Gasteiger partial charge is 0.123 e. The SMILES string of the molecule is CCNC(Cc1cccc(F)c1)CC1CC(OCC)C1. The zero-order chi connectivity index (χ0) is 14.4. The van der Waals surface area contributed by atoms with Gasteiger partial charge in [-0.3, -0.25) is 0 Å². The molecule has 1 atom stereocenters. The summed E-state index contributed by atoms with van der Waals surface area (Å²) in [5.74, 6) is 0.613. The van der Waals surface area contributed by atoms with Gasteiger partial charge in [-0.2, -0.15) is 0 Å². The number of hydrogen-bond acceptors (Lipinski definition) is 2. The topological polar surface area (TPSA) is 21.3 Å². The second kappa shape index (κ2) is 7.75. The molecule has 0 radical (unpaired) electrons. The van der Waals surface area contributed by atoms with E-state index in [1.165, 1.54) is 18.9 Å². The van der Waals surface area contributed by atoms with Crippen molar-refractivity contribution >= 4 is 0 Å². The van der Waals surface area contributed by atoms with Crippen LogP contribution in [0.5, 0.6) is 0 Å². The van der Waals surface area contributed by atoms with E-state index in [4.69, 9.17) is 4.74 Å². The van der Waals surface area contributed by atoms with Gasteiger partial charge in [-0.15, -0.1) is 0 Å². The molecule has 0 heterocycles. The minimum atomic E-state index is -0.141. The lowest BCUT2D eigenvalue weighted by Crippen LogP contribution is -2.39. The van der Waals surface area contributed by atoms with E-state index in [1.54, 1.807) is 12.1 Å². The molecule has 3 heteroatoms. The first-order chi connectivity index (χ1) is 9.71. The molecule has 0 bridgehead atoms. The van der Waals surface area contributed by atoms with Crippen LogP contribution < -0.4 is 5.32 Å². The molecule has 2 rings (SSSR count). The third-order valence-electron chi connectivity index (χ3n) is 4.08. The van der Waals surface area contributed by atoms with Crippen molar-refractivity contribution in [1.29, 1.82) is 0 Å². The lowest BCUT2D eigenvalue weighted by molar-refractivity contribution is -0.0289. The Morgan fingerprint density at radius 3 is 2.80 bits per heavy atom. The summed E-state index contributed by atoms with van der Waals surface area (Å²) in [5.41, 5.74) is 1.08. The highest BCUT2D eigenvalue weighted by molar-refractivity contribution is 5.17. The van der Waals surface area contributed by atoms with Gasteiger partial charge in [0, 0.05) is 12.6 Å². The monoisotopic (exact) mass is 279 g/mol. The maximum absolute atomic E-state index is 13.2. The lowest BCUT2D eigenvalue weighted by Gasteiger charge is -2.37. The molecule has 1 fully saturated rings. The highest BCUT2D eigenvalue weighted by Gasteiger charge is 2.31. The third kappa shape index (κ3) is 4.57. The second-order valence-electron chi connectivity index (χ2n) is 5.74. The summed E-state index contributed by atoms with van der Waals surface area (Å²) >= 11 is 0. The molecule has 112 valence electrons. The Balaban J connectivity index is 1.82. The number of halogens is 1. The van der Waals surface area contributed by atoms with Crippen molar-refractivity contribution in [1.82, 2.24) is 5.32 Å². The molecule has 0 saturated heterocycles. The first kappa shape index (κ1) is 15.5. The Morgan fingerprint density at radius 1 is 1.35 bits per heavy atom. The van der Waals surface area contributed by atoms with Crippen LogP contribution in [0.15, 0.2) is 24.3 Å². The van der Waals surface area contributed by atoms with E-state index < -0.39 is 0 Å². The Morgan fingerprint density at radius 2 is 2.15 bits per heavy atom. The number of rotatable bonds is 8. The molecular formula is C17H26FNO. The zero-order valence-electron chi connectivity index (χ0n) is 12.6. The zero-order valence-corrected chi connectivity index (χ0v) is 12.6. The van der Waals surface area contributed by atoms with Crippen molar-refractivity contribution in [3.05, 3.63) is 35.6 Å². The molecule has 1 aliphatic rings. The van der Waals surface area contributed by atoms with Crippen LogP contribution in [0.2, 0.25) is 0 Å². The highest BCUT2D eigenvalue weighted by atomic mass is 19.1. The lowest BCUT2D eigenvalue weighted by atomic mass is 9.77. The van der Waals surface area contributed by atoms with Gasteiger partial charge in [-0.05, 0) is 62.8 Å². The summed E-state index contributed by atoms with van der Waals surface area (Å²) in [6.07, 6.45) is 4.90. The summed E-state index contributed by atoms with van der Waals surface area (Å²) in [6, 6.07) is 7.40. The van der Waals surface area contributed by atoms with Crippen molar-refractivity contribution in [2.24, 2.45) is 5.92 Å². The molecule has 2 nitrogen and oxygen atoms in total. The molecule has 1 aromatic rings. The number of likely N-dealkylation sites (N-methyl/N-ethyl adjacent to an activating group) is 1. The molecule has 0 amide bonds. The van der Waals surface area contributed by atoms with E-state index in [0.717, 1.165) is 37.5 Å². The van der Waals surface area contributed by atoms with Gasteiger partial charge < -0.3 is 10.1 Å². The Labute approximate surface area is 121 Å². The Hall–Kier alpha value is -0.930. The Bertz CT molecular complexity index is 404. The minimum Gasteiger partial charge on any atom is -0.378 e. The fourth-order valence-corrected chi connectivity index (χ4v) is 3.12. The summed E-state index contributed by atoms with van der Waals surface area (Å²) in [5, 5.41) is 3.53. The molecule has 0 aromatic heterocycles. The quantitative estimate of drug-likeness (QED) is 0.785. The number of nitrogens with one attached hydrogen (secondary N) is 1. The molecule has 1 saturated carbocycles. The first-order valence-corrected chi connectivity index (χ1v) is 7.80. The molecule has 1 aromatic carbocycles. The van der Waals surface area contributed by atoms with Crippen LogP contribution in [0.25, 0.3) is 0 Å².